The molecule has 19 heavy (non-hydrogen) atoms. The third-order valence-corrected chi connectivity index (χ3v) is 4.58. The van der Waals surface area contributed by atoms with Gasteiger partial charge in [-0.3, -0.25) is 4.90 Å². The molecule has 0 atom stereocenters. The van der Waals surface area contributed by atoms with Crippen LogP contribution in [0.3, 0.4) is 0 Å². The number of halogens is 1. The Balaban J connectivity index is 1.55. The largest absolute Gasteiger partial charge is 0.485 e. The van der Waals surface area contributed by atoms with Crippen molar-refractivity contribution in [2.45, 2.75) is 6.92 Å². The number of hydrogen-bond donors (Lipinski definition) is 0. The van der Waals surface area contributed by atoms with Crippen LogP contribution in [0, 0.1) is 12.7 Å². The van der Waals surface area contributed by atoms with Crippen molar-refractivity contribution >= 4 is 0 Å². The molecule has 0 unspecified atom stereocenters. The Bertz CT molecular complexity index is 442. The molecule has 3 aliphatic rings. The zero-order chi connectivity index (χ0) is 13.3. The third kappa shape index (κ3) is 2.74. The Kier molecular flexibility index (Phi) is 3.46. The fraction of sp³-hybridized carbons (Fsp3) is 0.600. The van der Waals surface area contributed by atoms with E-state index >= 15 is 0 Å². The van der Waals surface area contributed by atoms with Crippen LogP contribution < -0.4 is 4.74 Å². The van der Waals surface area contributed by atoms with Crippen LogP contribution in [0.2, 0.25) is 0 Å². The summed E-state index contributed by atoms with van der Waals surface area (Å²) in [5, 5.41) is 0. The van der Waals surface area contributed by atoms with Gasteiger partial charge in [-0.1, -0.05) is 6.07 Å². The molecule has 0 aliphatic carbocycles. The summed E-state index contributed by atoms with van der Waals surface area (Å²) >= 11 is 0. The Morgan fingerprint density at radius 2 is 1.89 bits per heavy atom. The second-order valence-electron chi connectivity index (χ2n) is 5.86. The number of fused-ring (bicyclic) bond motifs is 3. The SMILES string of the molecule is Cc1ccc(OCC[N+]23CCN(CC2)CC3)c(F)c1. The maximum atomic E-state index is 13.7. The van der Waals surface area contributed by atoms with Crippen molar-refractivity contribution in [3.8, 4) is 5.75 Å². The molecule has 3 nitrogen and oxygen atoms in total. The first-order chi connectivity index (χ1) is 9.17. The molecule has 104 valence electrons. The molecule has 3 fully saturated rings. The number of ether oxygens (including phenoxy) is 1. The van der Waals surface area contributed by atoms with E-state index in [1.807, 2.05) is 13.0 Å². The monoisotopic (exact) mass is 265 g/mol. The molecule has 3 aliphatic heterocycles. The number of aryl methyl sites for hydroxylation is 1. The van der Waals surface area contributed by atoms with E-state index in [1.54, 1.807) is 6.07 Å². The number of nitrogens with zero attached hydrogens (tertiary/aromatic N) is 2. The van der Waals surface area contributed by atoms with E-state index in [-0.39, 0.29) is 5.82 Å². The van der Waals surface area contributed by atoms with Gasteiger partial charge < -0.3 is 9.22 Å². The van der Waals surface area contributed by atoms with Crippen molar-refractivity contribution in [2.75, 3.05) is 52.4 Å². The highest BCUT2D eigenvalue weighted by atomic mass is 19.1. The van der Waals surface area contributed by atoms with Crippen LogP contribution in [-0.2, 0) is 0 Å². The van der Waals surface area contributed by atoms with Crippen molar-refractivity contribution in [3.63, 3.8) is 0 Å². The molecular formula is C15H22FN2O+. The predicted octanol–water partition coefficient (Wildman–Crippen LogP) is 1.66. The molecule has 1 aromatic carbocycles. The van der Waals surface area contributed by atoms with Crippen LogP contribution in [0.25, 0.3) is 0 Å². The lowest BCUT2D eigenvalue weighted by molar-refractivity contribution is -0.940. The van der Waals surface area contributed by atoms with Crippen molar-refractivity contribution < 1.29 is 13.6 Å². The van der Waals surface area contributed by atoms with E-state index in [9.17, 15) is 4.39 Å². The molecule has 0 aromatic heterocycles. The number of rotatable bonds is 4. The van der Waals surface area contributed by atoms with Crippen LogP contribution in [0.4, 0.5) is 4.39 Å². The van der Waals surface area contributed by atoms with Crippen molar-refractivity contribution in [3.05, 3.63) is 29.6 Å². The maximum Gasteiger partial charge on any atom is 0.165 e. The Labute approximate surface area is 114 Å². The zero-order valence-corrected chi connectivity index (χ0v) is 11.6. The summed E-state index contributed by atoms with van der Waals surface area (Å²) in [6.45, 7) is 10.8. The molecule has 0 amide bonds. The summed E-state index contributed by atoms with van der Waals surface area (Å²) in [5.41, 5.74) is 0.930. The van der Waals surface area contributed by atoms with Gasteiger partial charge >= 0.3 is 0 Å². The molecule has 1 aromatic rings. The van der Waals surface area contributed by atoms with Gasteiger partial charge in [-0.15, -0.1) is 0 Å². The summed E-state index contributed by atoms with van der Waals surface area (Å²) in [5.74, 6) is 0.142. The molecule has 3 heterocycles. The van der Waals surface area contributed by atoms with E-state index in [0.29, 0.717) is 12.4 Å². The second-order valence-corrected chi connectivity index (χ2v) is 5.86. The average Bonchev–Trinajstić information content (AvgIpc) is 2.43. The molecule has 4 heteroatoms. The number of piperazine rings is 3. The van der Waals surface area contributed by atoms with Gasteiger partial charge in [-0.2, -0.15) is 0 Å². The Morgan fingerprint density at radius 1 is 1.21 bits per heavy atom. The van der Waals surface area contributed by atoms with E-state index in [2.05, 4.69) is 4.90 Å². The number of benzene rings is 1. The minimum absolute atomic E-state index is 0.247. The van der Waals surface area contributed by atoms with Crippen LogP contribution in [-0.4, -0.2) is 61.8 Å². The lowest BCUT2D eigenvalue weighted by Crippen LogP contribution is -2.68. The first kappa shape index (κ1) is 12.9. The van der Waals surface area contributed by atoms with Gasteiger partial charge in [0.05, 0.1) is 19.6 Å². The van der Waals surface area contributed by atoms with Crippen LogP contribution >= 0.6 is 0 Å². The van der Waals surface area contributed by atoms with Crippen LogP contribution in [0.5, 0.6) is 5.75 Å². The van der Waals surface area contributed by atoms with Gasteiger partial charge in [0.1, 0.15) is 13.2 Å². The highest BCUT2D eigenvalue weighted by Gasteiger charge is 2.37. The van der Waals surface area contributed by atoms with E-state index < -0.39 is 0 Å². The lowest BCUT2D eigenvalue weighted by atomic mass is 10.1. The average molecular weight is 265 g/mol. The van der Waals surface area contributed by atoms with Gasteiger partial charge in [0.2, 0.25) is 0 Å². The Morgan fingerprint density at radius 3 is 2.53 bits per heavy atom. The smallest absolute Gasteiger partial charge is 0.165 e. The lowest BCUT2D eigenvalue weighted by Gasteiger charge is -2.50. The summed E-state index contributed by atoms with van der Waals surface area (Å²) in [4.78, 5) is 2.53. The highest BCUT2D eigenvalue weighted by Crippen LogP contribution is 2.21. The summed E-state index contributed by atoms with van der Waals surface area (Å²) < 4.78 is 20.5. The molecule has 2 bridgehead atoms. The number of hydrogen-bond acceptors (Lipinski definition) is 2. The fourth-order valence-electron chi connectivity index (χ4n) is 3.14. The minimum Gasteiger partial charge on any atom is -0.485 e. The zero-order valence-electron chi connectivity index (χ0n) is 11.6. The molecular weight excluding hydrogens is 243 g/mol. The molecule has 0 radical (unpaired) electrons. The van der Waals surface area contributed by atoms with E-state index in [1.165, 1.54) is 45.3 Å². The standard InChI is InChI=1S/C15H22FN2O/c1-13-2-3-15(14(16)12-13)19-11-10-18-7-4-17(5-8-18)6-9-18/h2-3,12H,4-11H2,1H3/q+1. The van der Waals surface area contributed by atoms with Gasteiger partial charge in [0.15, 0.2) is 11.6 Å². The summed E-state index contributed by atoms with van der Waals surface area (Å²) in [7, 11) is 0. The predicted molar refractivity (Wildman–Crippen MR) is 72.8 cm³/mol. The number of quaternary nitrogens is 1. The van der Waals surface area contributed by atoms with Crippen molar-refractivity contribution in [2.24, 2.45) is 0 Å². The third-order valence-electron chi connectivity index (χ3n) is 4.58. The van der Waals surface area contributed by atoms with E-state index in [4.69, 9.17) is 4.74 Å². The maximum absolute atomic E-state index is 13.7. The van der Waals surface area contributed by atoms with Gasteiger partial charge in [0, 0.05) is 19.6 Å². The quantitative estimate of drug-likeness (QED) is 0.768. The first-order valence-electron chi connectivity index (χ1n) is 7.13. The summed E-state index contributed by atoms with van der Waals surface area (Å²) in [6, 6.07) is 5.16. The second kappa shape index (κ2) is 5.10. The van der Waals surface area contributed by atoms with E-state index in [0.717, 1.165) is 16.6 Å². The minimum atomic E-state index is -0.247. The first-order valence-corrected chi connectivity index (χ1v) is 7.13. The molecule has 3 saturated heterocycles. The molecule has 0 saturated carbocycles. The van der Waals surface area contributed by atoms with Gasteiger partial charge in [0.25, 0.3) is 0 Å². The van der Waals surface area contributed by atoms with Crippen molar-refractivity contribution in [1.29, 1.82) is 0 Å². The topological polar surface area (TPSA) is 12.5 Å². The van der Waals surface area contributed by atoms with Gasteiger partial charge in [-0.25, -0.2) is 4.39 Å². The molecule has 4 rings (SSSR count). The van der Waals surface area contributed by atoms with Crippen molar-refractivity contribution in [1.82, 2.24) is 4.90 Å². The van der Waals surface area contributed by atoms with Gasteiger partial charge in [-0.05, 0) is 24.6 Å². The highest BCUT2D eigenvalue weighted by molar-refractivity contribution is 5.28. The Hall–Kier alpha value is -1.13. The molecule has 0 N–H and O–H groups in total. The van der Waals surface area contributed by atoms with Crippen LogP contribution in [0.1, 0.15) is 5.56 Å². The fourth-order valence-corrected chi connectivity index (χ4v) is 3.14. The van der Waals surface area contributed by atoms with Crippen LogP contribution in [0.15, 0.2) is 18.2 Å². The summed E-state index contributed by atoms with van der Waals surface area (Å²) in [6.07, 6.45) is 0. The molecule has 0 spiro atoms. The normalized spacial score (nSPS) is 29.5.